The van der Waals surface area contributed by atoms with Gasteiger partial charge in [0.05, 0.1) is 23.5 Å². The predicted octanol–water partition coefficient (Wildman–Crippen LogP) is 2.51. The summed E-state index contributed by atoms with van der Waals surface area (Å²) in [6, 6.07) is 5.86. The van der Waals surface area contributed by atoms with Gasteiger partial charge in [-0.15, -0.1) is 11.3 Å². The van der Waals surface area contributed by atoms with Crippen molar-refractivity contribution in [2.24, 2.45) is 5.84 Å². The van der Waals surface area contributed by atoms with Crippen LogP contribution < -0.4 is 15.6 Å². The molecule has 2 aliphatic heterocycles. The molecule has 1 amide bonds. The van der Waals surface area contributed by atoms with E-state index < -0.39 is 0 Å². The molecule has 0 unspecified atom stereocenters. The summed E-state index contributed by atoms with van der Waals surface area (Å²) < 4.78 is 5.87. The lowest BCUT2D eigenvalue weighted by atomic mass is 10.0. The van der Waals surface area contributed by atoms with E-state index >= 15 is 0 Å². The molecule has 138 valence electrons. The number of aryl methyl sites for hydroxylation is 1. The van der Waals surface area contributed by atoms with E-state index in [0.29, 0.717) is 13.0 Å². The van der Waals surface area contributed by atoms with Gasteiger partial charge in [0.25, 0.3) is 0 Å². The van der Waals surface area contributed by atoms with E-state index in [0.717, 1.165) is 62.3 Å². The van der Waals surface area contributed by atoms with E-state index in [1.165, 1.54) is 15.6 Å². The molecule has 0 spiro atoms. The second-order valence-corrected chi connectivity index (χ2v) is 7.80. The Morgan fingerprint density at radius 3 is 3.08 bits per heavy atom. The van der Waals surface area contributed by atoms with E-state index in [4.69, 9.17) is 10.6 Å². The molecule has 4 rings (SSSR count). The number of hydrogen-bond acceptors (Lipinski definition) is 6. The van der Waals surface area contributed by atoms with Gasteiger partial charge in [0.1, 0.15) is 5.75 Å². The third kappa shape index (κ3) is 3.75. The largest absolute Gasteiger partial charge is 0.494 e. The number of benzene rings is 1. The fourth-order valence-electron chi connectivity index (χ4n) is 3.56. The van der Waals surface area contributed by atoms with Crippen LogP contribution in [0.1, 0.15) is 35.4 Å². The van der Waals surface area contributed by atoms with Crippen LogP contribution in [0.4, 0.5) is 5.69 Å². The van der Waals surface area contributed by atoms with Crippen molar-refractivity contribution in [1.29, 1.82) is 0 Å². The summed E-state index contributed by atoms with van der Waals surface area (Å²) >= 11 is 1.77. The molecule has 0 saturated heterocycles. The van der Waals surface area contributed by atoms with Crippen molar-refractivity contribution < 1.29 is 9.53 Å². The molecule has 26 heavy (non-hydrogen) atoms. The van der Waals surface area contributed by atoms with Gasteiger partial charge in [-0.05, 0) is 37.4 Å². The number of ether oxygens (including phenoxy) is 1. The lowest BCUT2D eigenvalue weighted by Gasteiger charge is -2.26. The number of carbonyl (C=O) groups excluding carboxylic acids is 1. The van der Waals surface area contributed by atoms with Gasteiger partial charge in [0.15, 0.2) is 0 Å². The molecule has 3 heterocycles. The number of amides is 1. The molecule has 6 nitrogen and oxygen atoms in total. The molecule has 1 aromatic heterocycles. The highest BCUT2D eigenvalue weighted by Crippen LogP contribution is 2.29. The van der Waals surface area contributed by atoms with E-state index in [1.807, 2.05) is 23.7 Å². The van der Waals surface area contributed by atoms with Crippen molar-refractivity contribution in [3.8, 4) is 5.75 Å². The molecule has 2 aromatic rings. The third-order valence-corrected chi connectivity index (χ3v) is 5.95. The maximum atomic E-state index is 11.7. The number of hydrazine groups is 1. The molecule has 2 N–H and O–H groups in total. The first-order valence-electron chi connectivity index (χ1n) is 9.17. The number of thiazole rings is 1. The van der Waals surface area contributed by atoms with Crippen molar-refractivity contribution >= 4 is 22.9 Å². The SMILES string of the molecule is NN1C(=O)CCc2ccc(OCCCCN3CCc4ncsc4C3)cc21. The number of nitrogens with two attached hydrogens (primary N) is 1. The zero-order valence-electron chi connectivity index (χ0n) is 14.8. The predicted molar refractivity (Wildman–Crippen MR) is 102 cm³/mol. The van der Waals surface area contributed by atoms with Crippen LogP contribution in [0, 0.1) is 0 Å². The molecule has 0 fully saturated rings. The van der Waals surface area contributed by atoms with Crippen LogP contribution in [0.2, 0.25) is 0 Å². The average molecular weight is 372 g/mol. The molecule has 0 aliphatic carbocycles. The highest BCUT2D eigenvalue weighted by Gasteiger charge is 2.22. The number of carbonyl (C=O) groups is 1. The molecule has 0 bridgehead atoms. The summed E-state index contributed by atoms with van der Waals surface area (Å²) in [7, 11) is 0. The van der Waals surface area contributed by atoms with Gasteiger partial charge in [-0.3, -0.25) is 9.69 Å². The Balaban J connectivity index is 1.21. The minimum atomic E-state index is -0.0414. The van der Waals surface area contributed by atoms with Crippen LogP contribution in [0.25, 0.3) is 0 Å². The Hall–Kier alpha value is -1.96. The molecule has 0 saturated carbocycles. The second-order valence-electron chi connectivity index (χ2n) is 6.86. The van der Waals surface area contributed by atoms with Crippen molar-refractivity contribution in [2.45, 2.75) is 38.6 Å². The Labute approximate surface area is 157 Å². The molecular formula is C19H24N4O2S. The van der Waals surface area contributed by atoms with Gasteiger partial charge in [-0.1, -0.05) is 6.07 Å². The molecule has 0 radical (unpaired) electrons. The molecule has 7 heteroatoms. The topological polar surface area (TPSA) is 71.7 Å². The molecule has 2 aliphatic rings. The Bertz CT molecular complexity index is 792. The van der Waals surface area contributed by atoms with E-state index in [-0.39, 0.29) is 5.91 Å². The van der Waals surface area contributed by atoms with Gasteiger partial charge in [-0.2, -0.15) is 0 Å². The van der Waals surface area contributed by atoms with Crippen molar-refractivity contribution in [3.63, 3.8) is 0 Å². The monoisotopic (exact) mass is 372 g/mol. The zero-order chi connectivity index (χ0) is 17.9. The normalized spacial score (nSPS) is 17.1. The number of unbranched alkanes of at least 4 members (excludes halogenated alkanes) is 1. The minimum Gasteiger partial charge on any atom is -0.494 e. The molecule has 0 atom stereocenters. The lowest BCUT2D eigenvalue weighted by Crippen LogP contribution is -2.40. The summed E-state index contributed by atoms with van der Waals surface area (Å²) in [5.74, 6) is 6.60. The Kier molecular flexibility index (Phi) is 5.19. The standard InChI is InChI=1S/C19H24N4O2S/c20-23-17-11-15(5-3-14(17)4-6-19(23)24)25-10-2-1-8-22-9-7-16-18(12-22)26-13-21-16/h3,5,11,13H,1-2,4,6-10,12,20H2. The Morgan fingerprint density at radius 2 is 2.15 bits per heavy atom. The van der Waals surface area contributed by atoms with Crippen LogP contribution in [-0.4, -0.2) is 35.5 Å². The average Bonchev–Trinajstić information content (AvgIpc) is 3.12. The molecular weight excluding hydrogens is 348 g/mol. The second kappa shape index (κ2) is 7.73. The van der Waals surface area contributed by atoms with Gasteiger partial charge in [0.2, 0.25) is 5.91 Å². The quantitative estimate of drug-likeness (QED) is 0.479. The van der Waals surface area contributed by atoms with Crippen molar-refractivity contribution in [3.05, 3.63) is 39.8 Å². The van der Waals surface area contributed by atoms with E-state index in [1.54, 1.807) is 11.3 Å². The highest BCUT2D eigenvalue weighted by atomic mass is 32.1. The van der Waals surface area contributed by atoms with Crippen LogP contribution in [-0.2, 0) is 24.2 Å². The van der Waals surface area contributed by atoms with Crippen molar-refractivity contribution in [2.75, 3.05) is 24.7 Å². The summed E-state index contributed by atoms with van der Waals surface area (Å²) in [6.07, 6.45) is 4.41. The van der Waals surface area contributed by atoms with Crippen molar-refractivity contribution in [1.82, 2.24) is 9.88 Å². The summed E-state index contributed by atoms with van der Waals surface area (Å²) in [4.78, 5) is 20.1. The summed E-state index contributed by atoms with van der Waals surface area (Å²) in [5.41, 5.74) is 5.12. The summed E-state index contributed by atoms with van der Waals surface area (Å²) in [5, 5.41) is 1.25. The fraction of sp³-hybridized carbons (Fsp3) is 0.474. The third-order valence-electron chi connectivity index (χ3n) is 5.09. The fourth-order valence-corrected chi connectivity index (χ4v) is 4.41. The number of fused-ring (bicyclic) bond motifs is 2. The van der Waals surface area contributed by atoms with Gasteiger partial charge < -0.3 is 4.74 Å². The van der Waals surface area contributed by atoms with Gasteiger partial charge in [-0.25, -0.2) is 15.8 Å². The van der Waals surface area contributed by atoms with Crippen LogP contribution >= 0.6 is 11.3 Å². The maximum Gasteiger partial charge on any atom is 0.241 e. The lowest BCUT2D eigenvalue weighted by molar-refractivity contribution is -0.118. The van der Waals surface area contributed by atoms with Crippen LogP contribution in [0.3, 0.4) is 0 Å². The zero-order valence-corrected chi connectivity index (χ0v) is 15.6. The maximum absolute atomic E-state index is 11.7. The number of aromatic nitrogens is 1. The number of nitrogens with zero attached hydrogens (tertiary/aromatic N) is 3. The van der Waals surface area contributed by atoms with Crippen LogP contribution in [0.15, 0.2) is 23.7 Å². The number of hydrogen-bond donors (Lipinski definition) is 1. The van der Waals surface area contributed by atoms with E-state index in [2.05, 4.69) is 9.88 Å². The summed E-state index contributed by atoms with van der Waals surface area (Å²) in [6.45, 7) is 3.90. The minimum absolute atomic E-state index is 0.0414. The Morgan fingerprint density at radius 1 is 1.23 bits per heavy atom. The number of anilines is 1. The highest BCUT2D eigenvalue weighted by molar-refractivity contribution is 7.09. The van der Waals surface area contributed by atoms with Crippen LogP contribution in [0.5, 0.6) is 5.75 Å². The first-order chi connectivity index (χ1) is 12.7. The first kappa shape index (κ1) is 17.5. The number of rotatable bonds is 6. The van der Waals surface area contributed by atoms with Gasteiger partial charge in [0, 0.05) is 36.9 Å². The smallest absolute Gasteiger partial charge is 0.241 e. The molecule has 1 aromatic carbocycles. The van der Waals surface area contributed by atoms with Gasteiger partial charge >= 0.3 is 0 Å². The van der Waals surface area contributed by atoms with E-state index in [9.17, 15) is 4.79 Å². The first-order valence-corrected chi connectivity index (χ1v) is 10.1.